The summed E-state index contributed by atoms with van der Waals surface area (Å²) in [5, 5.41) is 8.04. The van der Waals surface area contributed by atoms with Crippen LogP contribution in [0.25, 0.3) is 0 Å². The van der Waals surface area contributed by atoms with Gasteiger partial charge in [0.25, 0.3) is 0 Å². The molecule has 2 N–H and O–H groups in total. The minimum Gasteiger partial charge on any atom is -0.357 e. The molecule has 0 bridgehead atoms. The van der Waals surface area contributed by atoms with Gasteiger partial charge in [-0.15, -0.1) is 35.3 Å². The first-order valence-corrected chi connectivity index (χ1v) is 10.3. The Kier molecular flexibility index (Phi) is 8.92. The number of aromatic nitrogens is 1. The second kappa shape index (κ2) is 10.7. The van der Waals surface area contributed by atoms with Crippen LogP contribution in [0, 0.1) is 5.92 Å². The van der Waals surface area contributed by atoms with E-state index in [2.05, 4.69) is 34.4 Å². The lowest BCUT2D eigenvalue weighted by Gasteiger charge is -2.15. The first kappa shape index (κ1) is 20.9. The highest BCUT2D eigenvalue weighted by Crippen LogP contribution is 2.31. The van der Waals surface area contributed by atoms with Gasteiger partial charge in [-0.05, 0) is 45.1 Å². The Morgan fingerprint density at radius 3 is 2.84 bits per heavy atom. The summed E-state index contributed by atoms with van der Waals surface area (Å²) in [5.41, 5.74) is 0. The van der Waals surface area contributed by atoms with Gasteiger partial charge < -0.3 is 15.5 Å². The molecule has 5 nitrogen and oxygen atoms in total. The smallest absolute Gasteiger partial charge is 0.191 e. The van der Waals surface area contributed by atoms with E-state index in [0.717, 1.165) is 50.4 Å². The summed E-state index contributed by atoms with van der Waals surface area (Å²) in [6.07, 6.45) is 8.18. The topological polar surface area (TPSA) is 52.6 Å². The number of aliphatic imine (C=N–C) groups is 1. The maximum atomic E-state index is 4.81. The average molecular weight is 477 g/mol. The van der Waals surface area contributed by atoms with Crippen LogP contribution in [-0.2, 0) is 12.8 Å². The van der Waals surface area contributed by atoms with E-state index >= 15 is 0 Å². The van der Waals surface area contributed by atoms with E-state index < -0.39 is 0 Å². The maximum absolute atomic E-state index is 4.81. The van der Waals surface area contributed by atoms with Crippen molar-refractivity contribution in [2.75, 3.05) is 32.7 Å². The number of nitrogens with zero attached hydrogens (tertiary/aromatic N) is 3. The van der Waals surface area contributed by atoms with Gasteiger partial charge in [0.05, 0.1) is 5.01 Å². The van der Waals surface area contributed by atoms with Crippen LogP contribution in [0.15, 0.2) is 11.2 Å². The molecule has 0 radical (unpaired) electrons. The summed E-state index contributed by atoms with van der Waals surface area (Å²) >= 11 is 1.82. The monoisotopic (exact) mass is 477 g/mol. The summed E-state index contributed by atoms with van der Waals surface area (Å²) in [6.45, 7) is 9.55. The Morgan fingerprint density at radius 1 is 1.32 bits per heavy atom. The van der Waals surface area contributed by atoms with Crippen LogP contribution in [0.5, 0.6) is 0 Å². The van der Waals surface area contributed by atoms with Crippen LogP contribution in [0.1, 0.15) is 43.0 Å². The number of rotatable bonds is 8. The molecule has 0 aromatic carbocycles. The molecule has 142 valence electrons. The number of aryl methyl sites for hydroxylation is 1. The molecule has 0 spiro atoms. The predicted molar refractivity (Wildman–Crippen MR) is 117 cm³/mol. The third-order valence-corrected chi connectivity index (χ3v) is 6.02. The minimum atomic E-state index is 0. The van der Waals surface area contributed by atoms with Crippen molar-refractivity contribution in [3.8, 4) is 0 Å². The lowest BCUT2D eigenvalue weighted by Crippen LogP contribution is -2.38. The number of thiazole rings is 1. The molecule has 3 rings (SSSR count). The van der Waals surface area contributed by atoms with Crippen LogP contribution in [0.3, 0.4) is 0 Å². The fraction of sp³-hybridized carbons (Fsp3) is 0.778. The first-order valence-electron chi connectivity index (χ1n) is 9.48. The zero-order chi connectivity index (χ0) is 16.8. The van der Waals surface area contributed by atoms with Crippen molar-refractivity contribution < 1.29 is 0 Å². The first-order chi connectivity index (χ1) is 11.8. The van der Waals surface area contributed by atoms with Crippen LogP contribution in [0.2, 0.25) is 0 Å². The van der Waals surface area contributed by atoms with Gasteiger partial charge in [0.15, 0.2) is 5.96 Å². The van der Waals surface area contributed by atoms with E-state index in [0.29, 0.717) is 0 Å². The molecule has 2 aliphatic rings. The molecule has 1 aromatic heterocycles. The number of hydrogen-bond donors (Lipinski definition) is 2. The van der Waals surface area contributed by atoms with Crippen LogP contribution in [-0.4, -0.2) is 54.6 Å². The molecule has 1 aliphatic carbocycles. The zero-order valence-electron chi connectivity index (χ0n) is 15.5. The average Bonchev–Trinajstić information content (AvgIpc) is 3.16. The molecule has 1 aliphatic heterocycles. The van der Waals surface area contributed by atoms with Gasteiger partial charge in [-0.25, -0.2) is 4.98 Å². The number of nitrogens with one attached hydrogen (secondary N) is 2. The Bertz CT molecular complexity index is 543. The van der Waals surface area contributed by atoms with E-state index in [9.17, 15) is 0 Å². The standard InChI is InChI=1S/C18H31N5S.HI/c1-3-16-12-21-17(24-16)7-9-20-18(19-4-2)22-11-14-8-10-23(13-14)15-5-6-15;/h12,14-15H,3-11,13H2,1-2H3,(H2,19,20,22);1H. The molecular weight excluding hydrogens is 445 g/mol. The fourth-order valence-corrected chi connectivity index (χ4v) is 4.12. The van der Waals surface area contributed by atoms with Gasteiger partial charge in [-0.2, -0.15) is 0 Å². The molecule has 1 atom stereocenters. The fourth-order valence-electron chi connectivity index (χ4n) is 3.26. The summed E-state index contributed by atoms with van der Waals surface area (Å²) in [5.74, 6) is 1.68. The molecule has 1 unspecified atom stereocenters. The van der Waals surface area contributed by atoms with Crippen molar-refractivity contribution >= 4 is 41.3 Å². The molecule has 1 aromatic rings. The maximum Gasteiger partial charge on any atom is 0.191 e. The van der Waals surface area contributed by atoms with E-state index in [-0.39, 0.29) is 24.0 Å². The quantitative estimate of drug-likeness (QED) is 0.344. The molecule has 25 heavy (non-hydrogen) atoms. The largest absolute Gasteiger partial charge is 0.357 e. The number of likely N-dealkylation sites (tertiary alicyclic amines) is 1. The summed E-state index contributed by atoms with van der Waals surface area (Å²) in [7, 11) is 0. The summed E-state index contributed by atoms with van der Waals surface area (Å²) in [4.78, 5) is 13.3. The van der Waals surface area contributed by atoms with E-state index in [1.807, 2.05) is 17.5 Å². The highest BCUT2D eigenvalue weighted by molar-refractivity contribution is 14.0. The minimum absolute atomic E-state index is 0. The number of hydrogen-bond acceptors (Lipinski definition) is 4. The second-order valence-electron chi connectivity index (χ2n) is 6.85. The lowest BCUT2D eigenvalue weighted by molar-refractivity contribution is 0.315. The summed E-state index contributed by atoms with van der Waals surface area (Å²) in [6, 6.07) is 0.900. The third-order valence-electron chi connectivity index (χ3n) is 4.81. The second-order valence-corrected chi connectivity index (χ2v) is 8.05. The molecule has 2 heterocycles. The van der Waals surface area contributed by atoms with Crippen molar-refractivity contribution in [1.82, 2.24) is 20.5 Å². The van der Waals surface area contributed by atoms with Crippen molar-refractivity contribution in [2.24, 2.45) is 10.9 Å². The highest BCUT2D eigenvalue weighted by atomic mass is 127. The van der Waals surface area contributed by atoms with Crippen LogP contribution < -0.4 is 10.6 Å². The van der Waals surface area contributed by atoms with Gasteiger partial charge in [0.2, 0.25) is 0 Å². The van der Waals surface area contributed by atoms with E-state index in [1.54, 1.807) is 0 Å². The Labute approximate surface area is 173 Å². The summed E-state index contributed by atoms with van der Waals surface area (Å²) < 4.78 is 0. The molecule has 7 heteroatoms. The van der Waals surface area contributed by atoms with Crippen molar-refractivity contribution in [2.45, 2.75) is 52.0 Å². The molecular formula is C18H32IN5S. The van der Waals surface area contributed by atoms with Gasteiger partial charge in [-0.3, -0.25) is 4.99 Å². The van der Waals surface area contributed by atoms with Crippen LogP contribution in [0.4, 0.5) is 0 Å². The molecule has 1 saturated heterocycles. The van der Waals surface area contributed by atoms with Gasteiger partial charge in [-0.1, -0.05) is 6.92 Å². The third kappa shape index (κ3) is 6.67. The number of halogens is 1. The Balaban J connectivity index is 0.00000225. The predicted octanol–water partition coefficient (Wildman–Crippen LogP) is 2.91. The van der Waals surface area contributed by atoms with Gasteiger partial charge in [0, 0.05) is 49.7 Å². The molecule has 2 fully saturated rings. The van der Waals surface area contributed by atoms with Crippen molar-refractivity contribution in [3.63, 3.8) is 0 Å². The van der Waals surface area contributed by atoms with Gasteiger partial charge >= 0.3 is 0 Å². The zero-order valence-corrected chi connectivity index (χ0v) is 18.6. The van der Waals surface area contributed by atoms with Gasteiger partial charge in [0.1, 0.15) is 0 Å². The molecule has 1 saturated carbocycles. The Morgan fingerprint density at radius 2 is 2.16 bits per heavy atom. The molecule has 0 amide bonds. The van der Waals surface area contributed by atoms with Crippen molar-refractivity contribution in [1.29, 1.82) is 0 Å². The highest BCUT2D eigenvalue weighted by Gasteiger charge is 2.34. The Hall–Kier alpha value is -0.410. The number of guanidine groups is 1. The van der Waals surface area contributed by atoms with E-state index in [1.165, 1.54) is 42.2 Å². The lowest BCUT2D eigenvalue weighted by atomic mass is 10.1. The SMILES string of the molecule is CCNC(=NCC1CCN(C2CC2)C1)NCCc1ncc(CC)s1.I. The van der Waals surface area contributed by atoms with Crippen molar-refractivity contribution in [3.05, 3.63) is 16.1 Å². The normalized spacial score (nSPS) is 21.2. The van der Waals surface area contributed by atoms with Crippen LogP contribution >= 0.6 is 35.3 Å². The van der Waals surface area contributed by atoms with E-state index in [4.69, 9.17) is 4.99 Å².